The van der Waals surface area contributed by atoms with Gasteiger partial charge < -0.3 is 10.1 Å². The smallest absolute Gasteiger partial charge is 0.340 e. The van der Waals surface area contributed by atoms with E-state index in [1.54, 1.807) is 42.5 Å². The first-order chi connectivity index (χ1) is 15.4. The third kappa shape index (κ3) is 5.85. The zero-order valence-electron chi connectivity index (χ0n) is 16.3. The summed E-state index contributed by atoms with van der Waals surface area (Å²) in [6.07, 6.45) is 0. The van der Waals surface area contributed by atoms with Crippen LogP contribution >= 0.6 is 23.4 Å². The first-order valence-electron chi connectivity index (χ1n) is 9.05. The third-order valence-corrected chi connectivity index (χ3v) is 5.43. The number of esters is 1. The fraction of sp³-hybridized carbons (Fsp3) is 0.0455. The lowest BCUT2D eigenvalue weighted by molar-refractivity contribution is -0.384. The Labute approximate surface area is 191 Å². The van der Waals surface area contributed by atoms with Crippen molar-refractivity contribution in [3.8, 4) is 6.07 Å². The van der Waals surface area contributed by atoms with Crippen molar-refractivity contribution in [3.63, 3.8) is 0 Å². The molecule has 0 heterocycles. The van der Waals surface area contributed by atoms with Crippen molar-refractivity contribution in [3.05, 3.63) is 93.0 Å². The Kier molecular flexibility index (Phi) is 7.44. The Hall–Kier alpha value is -3.87. The highest BCUT2D eigenvalue weighted by Crippen LogP contribution is 2.33. The van der Waals surface area contributed by atoms with E-state index < -0.39 is 23.4 Å². The summed E-state index contributed by atoms with van der Waals surface area (Å²) < 4.78 is 5.08. The normalized spacial score (nSPS) is 10.1. The number of benzene rings is 3. The number of halogens is 1. The number of nitro groups is 1. The van der Waals surface area contributed by atoms with Crippen LogP contribution in [0.5, 0.6) is 0 Å². The van der Waals surface area contributed by atoms with Crippen molar-refractivity contribution in [2.75, 3.05) is 11.9 Å². The number of nitro benzene ring substituents is 1. The van der Waals surface area contributed by atoms with E-state index in [1.165, 1.54) is 30.0 Å². The highest BCUT2D eigenvalue weighted by molar-refractivity contribution is 7.99. The van der Waals surface area contributed by atoms with Gasteiger partial charge in [0.2, 0.25) is 0 Å². The molecule has 0 saturated carbocycles. The summed E-state index contributed by atoms with van der Waals surface area (Å²) in [4.78, 5) is 36.5. The Morgan fingerprint density at radius 1 is 1.12 bits per heavy atom. The van der Waals surface area contributed by atoms with Crippen LogP contribution in [0.15, 0.2) is 76.5 Å². The molecule has 0 aliphatic heterocycles. The van der Waals surface area contributed by atoms with Crippen LogP contribution in [0.25, 0.3) is 0 Å². The summed E-state index contributed by atoms with van der Waals surface area (Å²) in [5.41, 5.74) is 0.201. The summed E-state index contributed by atoms with van der Waals surface area (Å²) in [5.74, 6) is -1.55. The summed E-state index contributed by atoms with van der Waals surface area (Å²) in [7, 11) is 0. The molecule has 32 heavy (non-hydrogen) atoms. The zero-order valence-corrected chi connectivity index (χ0v) is 17.9. The van der Waals surface area contributed by atoms with Gasteiger partial charge >= 0.3 is 5.97 Å². The van der Waals surface area contributed by atoms with Crippen molar-refractivity contribution in [2.24, 2.45) is 0 Å². The van der Waals surface area contributed by atoms with Gasteiger partial charge in [-0.15, -0.1) is 0 Å². The highest BCUT2D eigenvalue weighted by atomic mass is 35.5. The average molecular weight is 468 g/mol. The molecule has 3 rings (SSSR count). The van der Waals surface area contributed by atoms with Gasteiger partial charge in [0.1, 0.15) is 6.07 Å². The van der Waals surface area contributed by atoms with Crippen LogP contribution in [0.3, 0.4) is 0 Å². The van der Waals surface area contributed by atoms with Gasteiger partial charge in [-0.2, -0.15) is 5.26 Å². The monoisotopic (exact) mass is 467 g/mol. The van der Waals surface area contributed by atoms with Crippen molar-refractivity contribution in [1.82, 2.24) is 0 Å². The van der Waals surface area contributed by atoms with E-state index in [2.05, 4.69) is 5.32 Å². The summed E-state index contributed by atoms with van der Waals surface area (Å²) >= 11 is 7.08. The van der Waals surface area contributed by atoms with Gasteiger partial charge in [-0.05, 0) is 42.5 Å². The van der Waals surface area contributed by atoms with E-state index in [9.17, 15) is 19.7 Å². The molecule has 0 radical (unpaired) electrons. The summed E-state index contributed by atoms with van der Waals surface area (Å²) in [6, 6.07) is 19.0. The maximum atomic E-state index is 12.7. The molecule has 0 saturated heterocycles. The Bertz CT molecular complexity index is 1220. The molecule has 0 aromatic heterocycles. The van der Waals surface area contributed by atoms with Crippen molar-refractivity contribution in [2.45, 2.75) is 9.79 Å². The first-order valence-corrected chi connectivity index (χ1v) is 10.2. The second kappa shape index (κ2) is 10.4. The van der Waals surface area contributed by atoms with Gasteiger partial charge in [0, 0.05) is 26.9 Å². The quantitative estimate of drug-likeness (QED) is 0.292. The van der Waals surface area contributed by atoms with Crippen LogP contribution < -0.4 is 5.32 Å². The number of carbonyl (C=O) groups excluding carboxylic acids is 2. The number of anilines is 1. The molecule has 1 amide bonds. The zero-order chi connectivity index (χ0) is 23.1. The average Bonchev–Trinajstić information content (AvgIpc) is 2.79. The van der Waals surface area contributed by atoms with E-state index >= 15 is 0 Å². The molecule has 8 nitrogen and oxygen atoms in total. The number of nitriles is 1. The number of rotatable bonds is 7. The molecule has 0 aliphatic rings. The van der Waals surface area contributed by atoms with E-state index in [4.69, 9.17) is 21.6 Å². The number of hydrogen-bond donors (Lipinski definition) is 1. The summed E-state index contributed by atoms with van der Waals surface area (Å²) in [6.45, 7) is -0.633. The number of para-hydroxylation sites is 1. The molecular weight excluding hydrogens is 454 g/mol. The maximum Gasteiger partial charge on any atom is 0.340 e. The number of carbonyl (C=O) groups is 2. The van der Waals surface area contributed by atoms with Gasteiger partial charge in [-0.3, -0.25) is 14.9 Å². The van der Waals surface area contributed by atoms with E-state index in [0.29, 0.717) is 9.92 Å². The largest absolute Gasteiger partial charge is 0.452 e. The van der Waals surface area contributed by atoms with E-state index in [1.807, 2.05) is 6.07 Å². The molecule has 0 unspecified atom stereocenters. The van der Waals surface area contributed by atoms with Gasteiger partial charge in [-0.1, -0.05) is 35.5 Å². The molecule has 0 bridgehead atoms. The topological polar surface area (TPSA) is 122 Å². The predicted molar refractivity (Wildman–Crippen MR) is 119 cm³/mol. The van der Waals surface area contributed by atoms with Gasteiger partial charge in [0.05, 0.1) is 21.7 Å². The molecule has 3 aromatic carbocycles. The first kappa shape index (κ1) is 22.8. The Morgan fingerprint density at radius 2 is 1.84 bits per heavy atom. The number of non-ortho nitro benzene ring substituents is 1. The summed E-state index contributed by atoms with van der Waals surface area (Å²) in [5, 5.41) is 23.3. The molecule has 3 aromatic rings. The Morgan fingerprint density at radius 3 is 2.53 bits per heavy atom. The predicted octanol–water partition coefficient (Wildman–Crippen LogP) is 5.07. The van der Waals surface area contributed by atoms with Crippen molar-refractivity contribution < 1.29 is 19.2 Å². The molecule has 10 heteroatoms. The second-order valence-electron chi connectivity index (χ2n) is 6.28. The minimum Gasteiger partial charge on any atom is -0.452 e. The minimum absolute atomic E-state index is 0.0515. The third-order valence-electron chi connectivity index (χ3n) is 4.09. The SMILES string of the molecule is N#Cc1ccccc1NC(=O)COC(=O)c1cc([N+](=O)[O-])ccc1Sc1ccc(Cl)cc1. The van der Waals surface area contributed by atoms with Crippen LogP contribution in [0.4, 0.5) is 11.4 Å². The molecule has 1 N–H and O–H groups in total. The number of amides is 1. The molecule has 0 fully saturated rings. The number of hydrogen-bond acceptors (Lipinski definition) is 7. The minimum atomic E-state index is -0.895. The Balaban J connectivity index is 1.75. The van der Waals surface area contributed by atoms with Gasteiger partial charge in [-0.25, -0.2) is 4.79 Å². The fourth-order valence-corrected chi connectivity index (χ4v) is 3.63. The van der Waals surface area contributed by atoms with Crippen molar-refractivity contribution >= 4 is 46.6 Å². The maximum absolute atomic E-state index is 12.7. The van der Waals surface area contributed by atoms with Crippen LogP contribution in [0.2, 0.25) is 5.02 Å². The highest BCUT2D eigenvalue weighted by Gasteiger charge is 2.20. The van der Waals surface area contributed by atoms with Crippen LogP contribution in [-0.4, -0.2) is 23.4 Å². The van der Waals surface area contributed by atoms with Crippen molar-refractivity contribution in [1.29, 1.82) is 5.26 Å². The number of nitrogens with one attached hydrogen (secondary N) is 1. The van der Waals surface area contributed by atoms with Crippen LogP contribution in [0, 0.1) is 21.4 Å². The van der Waals surface area contributed by atoms with Crippen LogP contribution in [0.1, 0.15) is 15.9 Å². The number of ether oxygens (including phenoxy) is 1. The lowest BCUT2D eigenvalue weighted by Crippen LogP contribution is -2.21. The standard InChI is InChI=1S/C22H14ClN3O5S/c23-15-5-8-17(9-6-15)32-20-10-7-16(26(29)30)11-18(20)22(28)31-13-21(27)25-19-4-2-1-3-14(19)12-24/h1-11H,13H2,(H,25,27). The molecule has 0 atom stereocenters. The number of nitrogens with zero attached hydrogens (tertiary/aromatic N) is 2. The molecular formula is C22H14ClN3O5S. The fourth-order valence-electron chi connectivity index (χ4n) is 2.59. The molecule has 160 valence electrons. The van der Waals surface area contributed by atoms with Gasteiger partial charge in [0.25, 0.3) is 11.6 Å². The van der Waals surface area contributed by atoms with Crippen LogP contribution in [-0.2, 0) is 9.53 Å². The molecule has 0 aliphatic carbocycles. The molecule has 0 spiro atoms. The van der Waals surface area contributed by atoms with E-state index in [-0.39, 0.29) is 22.5 Å². The second-order valence-corrected chi connectivity index (χ2v) is 7.83. The lowest BCUT2D eigenvalue weighted by Gasteiger charge is -2.10. The van der Waals surface area contributed by atoms with E-state index in [0.717, 1.165) is 11.0 Å². The van der Waals surface area contributed by atoms with Gasteiger partial charge in [0.15, 0.2) is 6.61 Å². The lowest BCUT2D eigenvalue weighted by atomic mass is 10.2.